The van der Waals surface area contributed by atoms with E-state index in [1.54, 1.807) is 0 Å². The highest BCUT2D eigenvalue weighted by Gasteiger charge is 2.22. The van der Waals surface area contributed by atoms with E-state index < -0.39 is 0 Å². The predicted octanol–water partition coefficient (Wildman–Crippen LogP) is 2.78. The van der Waals surface area contributed by atoms with Gasteiger partial charge in [-0.15, -0.1) is 0 Å². The van der Waals surface area contributed by atoms with E-state index in [1.165, 1.54) is 31.1 Å². The summed E-state index contributed by atoms with van der Waals surface area (Å²) >= 11 is 0. The lowest BCUT2D eigenvalue weighted by atomic mass is 9.95. The van der Waals surface area contributed by atoms with Crippen LogP contribution in [0.5, 0.6) is 11.5 Å². The first-order valence-corrected chi connectivity index (χ1v) is 11.3. The molecule has 0 atom stereocenters. The molecule has 1 aliphatic carbocycles. The van der Waals surface area contributed by atoms with E-state index in [0.717, 1.165) is 57.1 Å². The van der Waals surface area contributed by atoms with Crippen LogP contribution in [0.1, 0.15) is 54.0 Å². The number of oxazole rings is 1. The van der Waals surface area contributed by atoms with E-state index in [1.807, 2.05) is 6.07 Å². The molecule has 1 saturated carbocycles. The summed E-state index contributed by atoms with van der Waals surface area (Å²) < 4.78 is 16.5. The summed E-state index contributed by atoms with van der Waals surface area (Å²) in [6, 6.07) is 6.44. The monoisotopic (exact) mass is 426 g/mol. The number of fused-ring (bicyclic) bond motifs is 1. The molecule has 1 aromatic heterocycles. The number of hydrogen-bond acceptors (Lipinski definition) is 7. The number of nitrogens with one attached hydrogen (secondary N) is 1. The second-order valence-corrected chi connectivity index (χ2v) is 8.67. The first-order chi connectivity index (χ1) is 15.2. The summed E-state index contributed by atoms with van der Waals surface area (Å²) in [5, 5.41) is 3.10. The van der Waals surface area contributed by atoms with Crippen molar-refractivity contribution in [1.29, 1.82) is 0 Å². The highest BCUT2D eigenvalue weighted by molar-refractivity contribution is 5.92. The molecule has 1 amide bonds. The molecular weight excluding hydrogens is 396 g/mol. The number of benzene rings is 1. The third-order valence-electron chi connectivity index (χ3n) is 6.39. The van der Waals surface area contributed by atoms with E-state index in [2.05, 4.69) is 32.2 Å². The van der Waals surface area contributed by atoms with Crippen molar-refractivity contribution in [2.24, 2.45) is 0 Å². The van der Waals surface area contributed by atoms with Crippen LogP contribution < -0.4 is 14.8 Å². The molecule has 0 unspecified atom stereocenters. The van der Waals surface area contributed by atoms with Crippen molar-refractivity contribution in [3.8, 4) is 11.5 Å². The maximum absolute atomic E-state index is 12.4. The van der Waals surface area contributed by atoms with Crippen molar-refractivity contribution in [1.82, 2.24) is 20.1 Å². The van der Waals surface area contributed by atoms with Crippen LogP contribution in [0.3, 0.4) is 0 Å². The number of carbonyl (C=O) groups excluding carboxylic acids is 1. The van der Waals surface area contributed by atoms with Gasteiger partial charge in [0.25, 0.3) is 5.91 Å². The third kappa shape index (κ3) is 5.02. The van der Waals surface area contributed by atoms with Crippen LogP contribution in [0.15, 0.2) is 28.9 Å². The van der Waals surface area contributed by atoms with Crippen LogP contribution in [-0.2, 0) is 13.1 Å². The number of hydrogen-bond donors (Lipinski definition) is 1. The van der Waals surface area contributed by atoms with E-state index >= 15 is 0 Å². The van der Waals surface area contributed by atoms with Crippen molar-refractivity contribution >= 4 is 5.91 Å². The zero-order valence-corrected chi connectivity index (χ0v) is 17.8. The lowest BCUT2D eigenvalue weighted by Crippen LogP contribution is -2.45. The summed E-state index contributed by atoms with van der Waals surface area (Å²) in [5.74, 6) is 2.16. The fourth-order valence-corrected chi connectivity index (χ4v) is 4.59. The molecule has 0 bridgehead atoms. The largest absolute Gasteiger partial charge is 0.454 e. The number of piperazine rings is 1. The fourth-order valence-electron chi connectivity index (χ4n) is 4.59. The van der Waals surface area contributed by atoms with Crippen LogP contribution in [0.25, 0.3) is 0 Å². The summed E-state index contributed by atoms with van der Waals surface area (Å²) in [6.07, 6.45) is 7.26. The van der Waals surface area contributed by atoms with Crippen LogP contribution in [-0.4, -0.2) is 59.7 Å². The topological polar surface area (TPSA) is 80.1 Å². The first-order valence-electron chi connectivity index (χ1n) is 11.3. The van der Waals surface area contributed by atoms with E-state index in [0.29, 0.717) is 24.9 Å². The molecule has 8 heteroatoms. The van der Waals surface area contributed by atoms with Crippen molar-refractivity contribution in [3.05, 3.63) is 41.6 Å². The molecule has 5 rings (SSSR count). The number of carbonyl (C=O) groups is 1. The van der Waals surface area contributed by atoms with Gasteiger partial charge in [0.2, 0.25) is 12.7 Å². The van der Waals surface area contributed by atoms with Gasteiger partial charge in [0.1, 0.15) is 6.26 Å². The molecule has 1 aromatic carbocycles. The molecule has 166 valence electrons. The SMILES string of the molecule is O=C(NC1CCCCC1)c1coc(CN2CCN(Cc3ccc4c(c3)OCO4)CC2)n1. The Morgan fingerprint density at radius 3 is 2.55 bits per heavy atom. The standard InChI is InChI=1S/C23H30N4O4/c28-23(24-18-4-2-1-3-5-18)19-15-29-22(25-19)14-27-10-8-26(9-11-27)13-17-6-7-20-21(12-17)31-16-30-20/h6-7,12,15,18H,1-5,8-11,13-14,16H2,(H,24,28). The summed E-state index contributed by atoms with van der Waals surface area (Å²) in [6.45, 7) is 5.67. The lowest BCUT2D eigenvalue weighted by Gasteiger charge is -2.34. The van der Waals surface area contributed by atoms with Crippen molar-refractivity contribution in [2.45, 2.75) is 51.2 Å². The zero-order valence-electron chi connectivity index (χ0n) is 17.8. The van der Waals surface area contributed by atoms with E-state index in [-0.39, 0.29) is 11.9 Å². The summed E-state index contributed by atoms with van der Waals surface area (Å²) in [5.41, 5.74) is 1.63. The average Bonchev–Trinajstić information content (AvgIpc) is 3.45. The van der Waals surface area contributed by atoms with Crippen molar-refractivity contribution in [2.75, 3.05) is 33.0 Å². The van der Waals surface area contributed by atoms with Crippen molar-refractivity contribution < 1.29 is 18.7 Å². The molecule has 2 aliphatic heterocycles. The number of amides is 1. The quantitative estimate of drug-likeness (QED) is 0.761. The Balaban J connectivity index is 1.08. The van der Waals surface area contributed by atoms with Crippen LogP contribution in [0.4, 0.5) is 0 Å². The maximum atomic E-state index is 12.4. The Morgan fingerprint density at radius 1 is 1.00 bits per heavy atom. The average molecular weight is 427 g/mol. The number of nitrogens with zero attached hydrogens (tertiary/aromatic N) is 3. The highest BCUT2D eigenvalue weighted by atomic mass is 16.7. The lowest BCUT2D eigenvalue weighted by molar-refractivity contribution is 0.0922. The van der Waals surface area contributed by atoms with Crippen LogP contribution >= 0.6 is 0 Å². The van der Waals surface area contributed by atoms with Crippen molar-refractivity contribution in [3.63, 3.8) is 0 Å². The molecule has 1 saturated heterocycles. The fraction of sp³-hybridized carbons (Fsp3) is 0.565. The number of rotatable bonds is 6. The summed E-state index contributed by atoms with van der Waals surface area (Å²) in [4.78, 5) is 21.6. The zero-order chi connectivity index (χ0) is 21.0. The predicted molar refractivity (Wildman–Crippen MR) is 114 cm³/mol. The Bertz CT molecular complexity index is 901. The molecule has 0 radical (unpaired) electrons. The number of aromatic nitrogens is 1. The van der Waals surface area contributed by atoms with Gasteiger partial charge in [-0.2, -0.15) is 0 Å². The van der Waals surface area contributed by atoms with Crippen LogP contribution in [0, 0.1) is 0 Å². The molecule has 8 nitrogen and oxygen atoms in total. The molecule has 0 spiro atoms. The van der Waals surface area contributed by atoms with Gasteiger partial charge in [0, 0.05) is 38.8 Å². The molecule has 3 aliphatic rings. The van der Waals surface area contributed by atoms with Gasteiger partial charge in [-0.05, 0) is 30.5 Å². The Hall–Kier alpha value is -2.58. The summed E-state index contributed by atoms with van der Waals surface area (Å²) in [7, 11) is 0. The maximum Gasteiger partial charge on any atom is 0.273 e. The molecule has 1 N–H and O–H groups in total. The minimum absolute atomic E-state index is 0.115. The molecule has 2 aromatic rings. The minimum atomic E-state index is -0.115. The Morgan fingerprint density at radius 2 is 1.74 bits per heavy atom. The van der Waals surface area contributed by atoms with Gasteiger partial charge in [0.15, 0.2) is 17.2 Å². The van der Waals surface area contributed by atoms with Gasteiger partial charge < -0.3 is 19.2 Å². The number of ether oxygens (including phenoxy) is 2. The minimum Gasteiger partial charge on any atom is -0.454 e. The molecule has 3 heterocycles. The van der Waals surface area contributed by atoms with Gasteiger partial charge in [-0.1, -0.05) is 25.3 Å². The van der Waals surface area contributed by atoms with Gasteiger partial charge in [0.05, 0.1) is 6.54 Å². The second-order valence-electron chi connectivity index (χ2n) is 8.67. The molecule has 31 heavy (non-hydrogen) atoms. The van der Waals surface area contributed by atoms with E-state index in [4.69, 9.17) is 13.9 Å². The third-order valence-corrected chi connectivity index (χ3v) is 6.39. The first kappa shape index (κ1) is 20.3. The molecular formula is C23H30N4O4. The van der Waals surface area contributed by atoms with Gasteiger partial charge in [-0.3, -0.25) is 14.6 Å². The normalized spacial score (nSPS) is 20.1. The van der Waals surface area contributed by atoms with E-state index in [9.17, 15) is 4.79 Å². The molecule has 2 fully saturated rings. The van der Waals surface area contributed by atoms with Crippen LogP contribution in [0.2, 0.25) is 0 Å². The van der Waals surface area contributed by atoms with Gasteiger partial charge in [-0.25, -0.2) is 4.98 Å². The van der Waals surface area contributed by atoms with Gasteiger partial charge >= 0.3 is 0 Å². The Labute approximate surface area is 182 Å². The second kappa shape index (κ2) is 9.28. The Kier molecular flexibility index (Phi) is 6.08. The smallest absolute Gasteiger partial charge is 0.273 e. The highest BCUT2D eigenvalue weighted by Crippen LogP contribution is 2.32.